The fourth-order valence-corrected chi connectivity index (χ4v) is 2.81. The van der Waals surface area contributed by atoms with E-state index in [0.717, 1.165) is 32.4 Å². The van der Waals surface area contributed by atoms with Gasteiger partial charge in [0.25, 0.3) is 0 Å². The first-order chi connectivity index (χ1) is 8.29. The highest BCUT2D eigenvalue weighted by molar-refractivity contribution is 5.90. The molecule has 1 aliphatic heterocycles. The van der Waals surface area contributed by atoms with Crippen molar-refractivity contribution in [1.29, 1.82) is 0 Å². The van der Waals surface area contributed by atoms with E-state index < -0.39 is 0 Å². The smallest absolute Gasteiger partial charge is 0.143 e. The molecule has 1 aliphatic rings. The average Bonchev–Trinajstić information content (AvgIpc) is 2.41. The van der Waals surface area contributed by atoms with Crippen molar-refractivity contribution in [3.63, 3.8) is 0 Å². The Morgan fingerprint density at radius 1 is 1.22 bits per heavy atom. The quantitative estimate of drug-likeness (QED) is 0.885. The Labute approximate surface area is 109 Å². The zero-order chi connectivity index (χ0) is 12.1. The van der Waals surface area contributed by atoms with Crippen LogP contribution >= 0.6 is 0 Å². The standard InChI is InChI=1S/C15H21NO.H2O/c1-2-6-14(17)15(9-11-16-12-10-15)13-7-4-3-5-8-13;/h3-5,7-8,16H,2,6,9-12H2,1H3;1H2. The molecule has 0 saturated carbocycles. The minimum atomic E-state index is -0.220. The molecule has 0 amide bonds. The summed E-state index contributed by atoms with van der Waals surface area (Å²) in [6.45, 7) is 3.98. The first-order valence-electron chi connectivity index (χ1n) is 6.59. The van der Waals surface area contributed by atoms with E-state index in [4.69, 9.17) is 0 Å². The summed E-state index contributed by atoms with van der Waals surface area (Å²) in [6, 6.07) is 10.3. The lowest BCUT2D eigenvalue weighted by molar-refractivity contribution is -0.125. The number of Topliss-reactive ketones (excluding diaryl/α,β-unsaturated/α-hetero) is 1. The van der Waals surface area contributed by atoms with Crippen molar-refractivity contribution in [2.75, 3.05) is 13.1 Å². The van der Waals surface area contributed by atoms with Gasteiger partial charge in [-0.25, -0.2) is 0 Å². The van der Waals surface area contributed by atoms with E-state index in [2.05, 4.69) is 24.4 Å². The summed E-state index contributed by atoms with van der Waals surface area (Å²) in [7, 11) is 0. The van der Waals surface area contributed by atoms with Crippen molar-refractivity contribution >= 4 is 5.78 Å². The first-order valence-corrected chi connectivity index (χ1v) is 6.59. The van der Waals surface area contributed by atoms with Gasteiger partial charge in [-0.15, -0.1) is 0 Å². The predicted octanol–water partition coefficient (Wildman–Crippen LogP) is 1.85. The molecule has 1 aromatic rings. The molecular formula is C15H23NO2. The predicted molar refractivity (Wildman–Crippen MR) is 73.8 cm³/mol. The maximum atomic E-state index is 12.5. The number of rotatable bonds is 4. The Morgan fingerprint density at radius 2 is 1.83 bits per heavy atom. The third-order valence-electron chi connectivity index (χ3n) is 3.79. The van der Waals surface area contributed by atoms with Gasteiger partial charge in [0.05, 0.1) is 5.41 Å². The fourth-order valence-electron chi connectivity index (χ4n) is 2.81. The lowest BCUT2D eigenvalue weighted by Gasteiger charge is -2.37. The summed E-state index contributed by atoms with van der Waals surface area (Å²) in [6.07, 6.45) is 3.53. The van der Waals surface area contributed by atoms with Gasteiger partial charge >= 0.3 is 0 Å². The van der Waals surface area contributed by atoms with Crippen molar-refractivity contribution in [2.24, 2.45) is 0 Å². The van der Waals surface area contributed by atoms with Gasteiger partial charge < -0.3 is 10.8 Å². The maximum absolute atomic E-state index is 12.5. The second-order valence-corrected chi connectivity index (χ2v) is 4.87. The van der Waals surface area contributed by atoms with Crippen molar-refractivity contribution in [1.82, 2.24) is 5.32 Å². The number of carbonyl (C=O) groups is 1. The zero-order valence-corrected chi connectivity index (χ0v) is 11.0. The van der Waals surface area contributed by atoms with E-state index in [-0.39, 0.29) is 10.9 Å². The van der Waals surface area contributed by atoms with E-state index in [9.17, 15) is 4.79 Å². The van der Waals surface area contributed by atoms with Crippen LogP contribution in [-0.4, -0.2) is 24.3 Å². The molecule has 3 nitrogen and oxygen atoms in total. The SMILES string of the molecule is CCCC(=O)C1(c2ccccc2)CCNCC1.O. The van der Waals surface area contributed by atoms with Gasteiger partial charge in [-0.1, -0.05) is 37.3 Å². The van der Waals surface area contributed by atoms with Gasteiger partial charge in [-0.05, 0) is 37.9 Å². The molecule has 0 unspecified atom stereocenters. The third kappa shape index (κ3) is 2.79. The highest BCUT2D eigenvalue weighted by Crippen LogP contribution is 2.35. The summed E-state index contributed by atoms with van der Waals surface area (Å²) < 4.78 is 0. The lowest BCUT2D eigenvalue weighted by Crippen LogP contribution is -2.45. The molecule has 3 heteroatoms. The number of carbonyl (C=O) groups excluding carboxylic acids is 1. The molecule has 0 aromatic heterocycles. The van der Waals surface area contributed by atoms with Gasteiger partial charge in [0, 0.05) is 6.42 Å². The Morgan fingerprint density at radius 3 is 2.39 bits per heavy atom. The summed E-state index contributed by atoms with van der Waals surface area (Å²) in [5.74, 6) is 0.424. The Hall–Kier alpha value is -1.19. The molecule has 2 rings (SSSR count). The average molecular weight is 249 g/mol. The molecule has 1 fully saturated rings. The normalized spacial score (nSPS) is 17.8. The monoisotopic (exact) mass is 249 g/mol. The molecule has 18 heavy (non-hydrogen) atoms. The molecule has 0 aliphatic carbocycles. The van der Waals surface area contributed by atoms with Crippen LogP contribution in [0.2, 0.25) is 0 Å². The largest absolute Gasteiger partial charge is 0.412 e. The number of hydrogen-bond donors (Lipinski definition) is 1. The van der Waals surface area contributed by atoms with Gasteiger partial charge in [0.15, 0.2) is 0 Å². The van der Waals surface area contributed by atoms with E-state index >= 15 is 0 Å². The van der Waals surface area contributed by atoms with Crippen molar-refractivity contribution in [3.8, 4) is 0 Å². The third-order valence-corrected chi connectivity index (χ3v) is 3.79. The van der Waals surface area contributed by atoms with E-state index in [0.29, 0.717) is 12.2 Å². The van der Waals surface area contributed by atoms with Crippen LogP contribution in [0, 0.1) is 0 Å². The van der Waals surface area contributed by atoms with E-state index in [1.54, 1.807) is 0 Å². The van der Waals surface area contributed by atoms with Crippen LogP contribution in [0.3, 0.4) is 0 Å². The second kappa shape index (κ2) is 6.66. The molecular weight excluding hydrogens is 226 g/mol. The number of hydrogen-bond acceptors (Lipinski definition) is 2. The van der Waals surface area contributed by atoms with Crippen molar-refractivity contribution in [3.05, 3.63) is 35.9 Å². The molecule has 1 saturated heterocycles. The van der Waals surface area contributed by atoms with Crippen LogP contribution in [0.5, 0.6) is 0 Å². The van der Waals surface area contributed by atoms with Crippen LogP contribution in [0.1, 0.15) is 38.2 Å². The van der Waals surface area contributed by atoms with Gasteiger partial charge in [-0.3, -0.25) is 4.79 Å². The molecule has 100 valence electrons. The summed E-state index contributed by atoms with van der Waals surface area (Å²) in [5.41, 5.74) is 0.989. The Balaban J connectivity index is 0.00000162. The maximum Gasteiger partial charge on any atom is 0.143 e. The van der Waals surface area contributed by atoms with Crippen molar-refractivity contribution in [2.45, 2.75) is 38.0 Å². The van der Waals surface area contributed by atoms with Gasteiger partial charge in [0.1, 0.15) is 5.78 Å². The first kappa shape index (κ1) is 14.9. The number of benzene rings is 1. The van der Waals surface area contributed by atoms with Crippen molar-refractivity contribution < 1.29 is 10.3 Å². The van der Waals surface area contributed by atoms with Gasteiger partial charge in [0.2, 0.25) is 0 Å². The summed E-state index contributed by atoms with van der Waals surface area (Å²) in [5, 5.41) is 3.35. The van der Waals surface area contributed by atoms with E-state index in [1.807, 2.05) is 18.2 Å². The summed E-state index contributed by atoms with van der Waals surface area (Å²) >= 11 is 0. The highest BCUT2D eigenvalue weighted by atomic mass is 16.1. The summed E-state index contributed by atoms with van der Waals surface area (Å²) in [4.78, 5) is 12.5. The van der Waals surface area contributed by atoms with Crippen LogP contribution in [0.25, 0.3) is 0 Å². The topological polar surface area (TPSA) is 60.6 Å². The van der Waals surface area contributed by atoms with Crippen LogP contribution in [-0.2, 0) is 10.2 Å². The van der Waals surface area contributed by atoms with Crippen LogP contribution < -0.4 is 5.32 Å². The molecule has 0 spiro atoms. The Bertz CT molecular complexity index is 369. The molecule has 0 radical (unpaired) electrons. The van der Waals surface area contributed by atoms with Crippen LogP contribution in [0.4, 0.5) is 0 Å². The zero-order valence-electron chi connectivity index (χ0n) is 11.0. The minimum Gasteiger partial charge on any atom is -0.412 e. The Kier molecular flexibility index (Phi) is 5.51. The second-order valence-electron chi connectivity index (χ2n) is 4.87. The molecule has 1 aromatic carbocycles. The van der Waals surface area contributed by atoms with E-state index in [1.165, 1.54) is 5.56 Å². The molecule has 0 atom stereocenters. The molecule has 1 heterocycles. The number of nitrogens with one attached hydrogen (secondary N) is 1. The molecule has 3 N–H and O–H groups in total. The minimum absolute atomic E-state index is 0. The fraction of sp³-hybridized carbons (Fsp3) is 0.533. The number of piperidine rings is 1. The van der Waals surface area contributed by atoms with Crippen LogP contribution in [0.15, 0.2) is 30.3 Å². The molecule has 0 bridgehead atoms. The van der Waals surface area contributed by atoms with Gasteiger partial charge in [-0.2, -0.15) is 0 Å². The number of ketones is 1. The lowest BCUT2D eigenvalue weighted by atomic mass is 9.69. The highest BCUT2D eigenvalue weighted by Gasteiger charge is 2.39.